The lowest BCUT2D eigenvalue weighted by Gasteiger charge is -2.36. The van der Waals surface area contributed by atoms with Crippen LogP contribution in [0.1, 0.15) is 69.9 Å². The van der Waals surface area contributed by atoms with Crippen LogP contribution >= 0.6 is 0 Å². The number of hydrogen-bond acceptors (Lipinski definition) is 2. The fourth-order valence-electron chi connectivity index (χ4n) is 5.24. The van der Waals surface area contributed by atoms with Crippen LogP contribution in [0.5, 0.6) is 0 Å². The molecule has 3 fully saturated rings. The van der Waals surface area contributed by atoms with Gasteiger partial charge >= 0.3 is 6.03 Å². The molecule has 27 heavy (non-hydrogen) atoms. The predicted molar refractivity (Wildman–Crippen MR) is 105 cm³/mol. The van der Waals surface area contributed by atoms with Crippen molar-refractivity contribution in [3.63, 3.8) is 0 Å². The van der Waals surface area contributed by atoms with Gasteiger partial charge in [-0.1, -0.05) is 49.6 Å². The molecular formula is C22H31N3O2. The highest BCUT2D eigenvalue weighted by molar-refractivity contribution is 5.89. The van der Waals surface area contributed by atoms with E-state index in [1.54, 1.807) is 0 Å². The molecule has 1 aliphatic heterocycles. The summed E-state index contributed by atoms with van der Waals surface area (Å²) in [6, 6.07) is 10.1. The molecule has 0 radical (unpaired) electrons. The highest BCUT2D eigenvalue weighted by atomic mass is 16.2. The SMILES string of the molecule is CC(NC(=O)C1C2CCC(C2)N1C(=O)NC1CCCCC1)c1ccccc1. The number of piperidine rings is 1. The standard InChI is InChI=1S/C22H31N3O2/c1-15(16-8-4-2-5-9-16)23-21(26)20-17-12-13-19(14-17)25(20)22(27)24-18-10-6-3-7-11-18/h2,4-5,8-9,15,17-20H,3,6-7,10-14H2,1H3,(H,23,26)(H,24,27). The van der Waals surface area contributed by atoms with Crippen molar-refractivity contribution in [2.24, 2.45) is 5.92 Å². The number of likely N-dealkylation sites (tertiary alicyclic amines) is 1. The molecule has 2 N–H and O–H groups in total. The summed E-state index contributed by atoms with van der Waals surface area (Å²) in [5.74, 6) is 0.299. The number of nitrogens with one attached hydrogen (secondary N) is 2. The molecule has 2 bridgehead atoms. The first-order chi connectivity index (χ1) is 13.1. The molecule has 1 saturated heterocycles. The minimum atomic E-state index is -0.321. The van der Waals surface area contributed by atoms with Gasteiger partial charge in [0.05, 0.1) is 6.04 Å². The predicted octanol–water partition coefficient (Wildman–Crippen LogP) is 3.76. The summed E-state index contributed by atoms with van der Waals surface area (Å²) in [5.41, 5.74) is 1.09. The third-order valence-electron chi connectivity index (χ3n) is 6.68. The lowest BCUT2D eigenvalue weighted by molar-refractivity contribution is -0.127. The van der Waals surface area contributed by atoms with Crippen LogP contribution in [0.15, 0.2) is 30.3 Å². The van der Waals surface area contributed by atoms with Crippen molar-refractivity contribution < 1.29 is 9.59 Å². The molecule has 146 valence electrons. The normalized spacial score (nSPS) is 28.8. The summed E-state index contributed by atoms with van der Waals surface area (Å²) in [5, 5.41) is 6.37. The van der Waals surface area contributed by atoms with E-state index in [2.05, 4.69) is 10.6 Å². The molecule has 5 heteroatoms. The zero-order valence-corrected chi connectivity index (χ0v) is 16.2. The molecule has 3 amide bonds. The van der Waals surface area contributed by atoms with E-state index in [9.17, 15) is 9.59 Å². The average Bonchev–Trinajstić information content (AvgIpc) is 3.31. The molecule has 4 unspecified atom stereocenters. The molecule has 1 aromatic carbocycles. The molecule has 4 rings (SSSR count). The summed E-state index contributed by atoms with van der Waals surface area (Å²) < 4.78 is 0. The first-order valence-electron chi connectivity index (χ1n) is 10.6. The lowest BCUT2D eigenvalue weighted by atomic mass is 9.95. The van der Waals surface area contributed by atoms with Crippen LogP contribution < -0.4 is 10.6 Å². The fourth-order valence-corrected chi connectivity index (χ4v) is 5.24. The topological polar surface area (TPSA) is 61.4 Å². The van der Waals surface area contributed by atoms with E-state index in [0.717, 1.165) is 37.7 Å². The molecule has 0 aromatic heterocycles. The van der Waals surface area contributed by atoms with Gasteiger partial charge in [-0.05, 0) is 50.5 Å². The number of carbonyl (C=O) groups excluding carboxylic acids is 2. The maximum Gasteiger partial charge on any atom is 0.318 e. The Morgan fingerprint density at radius 2 is 1.78 bits per heavy atom. The van der Waals surface area contributed by atoms with E-state index in [-0.39, 0.29) is 36.1 Å². The van der Waals surface area contributed by atoms with Crippen LogP contribution in [0, 0.1) is 5.92 Å². The molecule has 2 saturated carbocycles. The third-order valence-corrected chi connectivity index (χ3v) is 6.68. The molecule has 3 aliphatic rings. The van der Waals surface area contributed by atoms with Crippen molar-refractivity contribution in [1.29, 1.82) is 0 Å². The Kier molecular flexibility index (Phi) is 5.37. The van der Waals surface area contributed by atoms with Crippen LogP contribution in [-0.4, -0.2) is 35.0 Å². The van der Waals surface area contributed by atoms with Gasteiger partial charge in [0, 0.05) is 12.1 Å². The van der Waals surface area contributed by atoms with Gasteiger partial charge in [0.25, 0.3) is 0 Å². The van der Waals surface area contributed by atoms with Crippen molar-refractivity contribution in [2.75, 3.05) is 0 Å². The van der Waals surface area contributed by atoms with Crippen molar-refractivity contribution in [2.45, 2.75) is 82.5 Å². The van der Waals surface area contributed by atoms with E-state index in [0.29, 0.717) is 5.92 Å². The fraction of sp³-hybridized carbons (Fsp3) is 0.636. The van der Waals surface area contributed by atoms with Gasteiger partial charge in [-0.2, -0.15) is 0 Å². The van der Waals surface area contributed by atoms with E-state index in [1.807, 2.05) is 42.2 Å². The number of hydrogen-bond donors (Lipinski definition) is 2. The first-order valence-corrected chi connectivity index (χ1v) is 10.6. The van der Waals surface area contributed by atoms with Crippen LogP contribution in [0.25, 0.3) is 0 Å². The molecule has 5 nitrogen and oxygen atoms in total. The number of benzene rings is 1. The Hall–Kier alpha value is -2.04. The summed E-state index contributed by atoms with van der Waals surface area (Å²) in [6.45, 7) is 2.01. The monoisotopic (exact) mass is 369 g/mol. The van der Waals surface area contributed by atoms with Crippen LogP contribution in [0.4, 0.5) is 4.79 Å². The van der Waals surface area contributed by atoms with Gasteiger partial charge in [-0.15, -0.1) is 0 Å². The quantitative estimate of drug-likeness (QED) is 0.849. The molecular weight excluding hydrogens is 338 g/mol. The van der Waals surface area contributed by atoms with Gasteiger partial charge < -0.3 is 15.5 Å². The molecule has 1 heterocycles. The van der Waals surface area contributed by atoms with Gasteiger partial charge in [0.15, 0.2) is 0 Å². The third kappa shape index (κ3) is 3.83. The second-order valence-corrected chi connectivity index (χ2v) is 8.50. The van der Waals surface area contributed by atoms with Gasteiger partial charge in [0.2, 0.25) is 5.91 Å². The smallest absolute Gasteiger partial charge is 0.318 e. The largest absolute Gasteiger partial charge is 0.348 e. The van der Waals surface area contributed by atoms with Crippen molar-refractivity contribution in [1.82, 2.24) is 15.5 Å². The first kappa shape index (κ1) is 18.3. The van der Waals surface area contributed by atoms with Crippen molar-refractivity contribution >= 4 is 11.9 Å². The van der Waals surface area contributed by atoms with E-state index in [4.69, 9.17) is 0 Å². The van der Waals surface area contributed by atoms with Gasteiger partial charge in [0.1, 0.15) is 6.04 Å². The molecule has 4 atom stereocenters. The highest BCUT2D eigenvalue weighted by Gasteiger charge is 2.51. The van der Waals surface area contributed by atoms with E-state index in [1.165, 1.54) is 19.3 Å². The number of fused-ring (bicyclic) bond motifs is 2. The Balaban J connectivity index is 1.43. The summed E-state index contributed by atoms with van der Waals surface area (Å²) in [7, 11) is 0. The van der Waals surface area contributed by atoms with Crippen molar-refractivity contribution in [3.8, 4) is 0 Å². The Morgan fingerprint density at radius 1 is 1.04 bits per heavy atom. The zero-order chi connectivity index (χ0) is 18.8. The Labute approximate surface area is 161 Å². The maximum atomic E-state index is 13.1. The second kappa shape index (κ2) is 7.91. The average molecular weight is 370 g/mol. The highest BCUT2D eigenvalue weighted by Crippen LogP contribution is 2.42. The number of rotatable bonds is 4. The minimum absolute atomic E-state index is 0.00246. The summed E-state index contributed by atoms with van der Waals surface area (Å²) in [6.07, 6.45) is 8.83. The molecule has 0 spiro atoms. The minimum Gasteiger partial charge on any atom is -0.348 e. The molecule has 1 aromatic rings. The van der Waals surface area contributed by atoms with Gasteiger partial charge in [-0.25, -0.2) is 4.79 Å². The van der Waals surface area contributed by atoms with Crippen LogP contribution in [0.2, 0.25) is 0 Å². The summed E-state index contributed by atoms with van der Waals surface area (Å²) >= 11 is 0. The number of nitrogens with zero attached hydrogens (tertiary/aromatic N) is 1. The van der Waals surface area contributed by atoms with E-state index >= 15 is 0 Å². The van der Waals surface area contributed by atoms with Crippen LogP contribution in [-0.2, 0) is 4.79 Å². The van der Waals surface area contributed by atoms with Crippen molar-refractivity contribution in [3.05, 3.63) is 35.9 Å². The van der Waals surface area contributed by atoms with Gasteiger partial charge in [-0.3, -0.25) is 4.79 Å². The van der Waals surface area contributed by atoms with Crippen LogP contribution in [0.3, 0.4) is 0 Å². The zero-order valence-electron chi connectivity index (χ0n) is 16.2. The Bertz CT molecular complexity index is 671. The lowest BCUT2D eigenvalue weighted by Crippen LogP contribution is -2.57. The summed E-state index contributed by atoms with van der Waals surface area (Å²) in [4.78, 5) is 28.0. The maximum absolute atomic E-state index is 13.1. The molecule has 2 aliphatic carbocycles. The number of amides is 3. The van der Waals surface area contributed by atoms with E-state index < -0.39 is 0 Å². The Morgan fingerprint density at radius 3 is 2.52 bits per heavy atom. The number of carbonyl (C=O) groups is 2. The second-order valence-electron chi connectivity index (χ2n) is 8.50. The number of urea groups is 1.